The number of hydrogen-bond donors (Lipinski definition) is 1. The van der Waals surface area contributed by atoms with Crippen molar-refractivity contribution in [2.45, 2.75) is 31.9 Å². The highest BCUT2D eigenvalue weighted by Gasteiger charge is 2.54. The highest BCUT2D eigenvalue weighted by molar-refractivity contribution is 5.41. The van der Waals surface area contributed by atoms with Crippen LogP contribution < -0.4 is 15.2 Å². The minimum absolute atomic E-state index is 0.113. The van der Waals surface area contributed by atoms with Crippen molar-refractivity contribution >= 4 is 0 Å². The molecule has 1 aliphatic carbocycles. The summed E-state index contributed by atoms with van der Waals surface area (Å²) in [6.45, 7) is 2.69. The Labute approximate surface area is 95.5 Å². The lowest BCUT2D eigenvalue weighted by Crippen LogP contribution is -2.45. The van der Waals surface area contributed by atoms with Crippen LogP contribution in [0.15, 0.2) is 24.3 Å². The van der Waals surface area contributed by atoms with Crippen molar-refractivity contribution in [3.8, 4) is 11.5 Å². The van der Waals surface area contributed by atoms with Crippen molar-refractivity contribution in [3.63, 3.8) is 0 Å². The van der Waals surface area contributed by atoms with Crippen LogP contribution in [0.3, 0.4) is 0 Å². The average Bonchev–Trinajstić information content (AvgIpc) is 3.09. The lowest BCUT2D eigenvalue weighted by atomic mass is 9.91. The number of ether oxygens (including phenoxy) is 2. The summed E-state index contributed by atoms with van der Waals surface area (Å²) >= 11 is 0. The zero-order valence-corrected chi connectivity index (χ0v) is 9.48. The number of rotatable bonds is 2. The molecule has 2 unspecified atom stereocenters. The smallest absolute Gasteiger partial charge is 0.161 e. The second kappa shape index (κ2) is 3.39. The fraction of sp³-hybridized carbons (Fsp3) is 0.538. The summed E-state index contributed by atoms with van der Waals surface area (Å²) < 4.78 is 11.7. The Balaban J connectivity index is 1.83. The first-order chi connectivity index (χ1) is 7.72. The molecule has 0 amide bonds. The van der Waals surface area contributed by atoms with Gasteiger partial charge in [-0.05, 0) is 31.9 Å². The molecule has 3 nitrogen and oxygen atoms in total. The first-order valence-corrected chi connectivity index (χ1v) is 5.86. The Morgan fingerprint density at radius 3 is 2.62 bits per heavy atom. The molecule has 0 saturated heterocycles. The third-order valence-electron chi connectivity index (χ3n) is 3.88. The van der Waals surface area contributed by atoms with E-state index in [4.69, 9.17) is 15.2 Å². The van der Waals surface area contributed by atoms with Gasteiger partial charge in [-0.15, -0.1) is 0 Å². The van der Waals surface area contributed by atoms with Crippen molar-refractivity contribution in [2.24, 2.45) is 11.1 Å². The number of para-hydroxylation sites is 2. The molecule has 0 spiro atoms. The largest absolute Gasteiger partial charge is 0.486 e. The normalized spacial score (nSPS) is 27.2. The van der Waals surface area contributed by atoms with Gasteiger partial charge in [0.25, 0.3) is 0 Å². The highest BCUT2D eigenvalue weighted by atomic mass is 16.6. The monoisotopic (exact) mass is 219 g/mol. The summed E-state index contributed by atoms with van der Waals surface area (Å²) in [5.74, 6) is 1.70. The molecule has 16 heavy (non-hydrogen) atoms. The first kappa shape index (κ1) is 9.97. The van der Waals surface area contributed by atoms with E-state index in [2.05, 4.69) is 6.92 Å². The predicted molar refractivity (Wildman–Crippen MR) is 61.7 cm³/mol. The molecule has 0 radical (unpaired) electrons. The lowest BCUT2D eigenvalue weighted by molar-refractivity contribution is 0.0286. The van der Waals surface area contributed by atoms with Crippen LogP contribution in [-0.4, -0.2) is 18.8 Å². The third-order valence-corrected chi connectivity index (χ3v) is 3.88. The van der Waals surface area contributed by atoms with Gasteiger partial charge in [-0.3, -0.25) is 0 Å². The van der Waals surface area contributed by atoms with Gasteiger partial charge in [-0.2, -0.15) is 0 Å². The van der Waals surface area contributed by atoms with Gasteiger partial charge >= 0.3 is 0 Å². The number of nitrogens with two attached hydrogens (primary N) is 1. The molecule has 0 bridgehead atoms. The standard InChI is InChI=1S/C13H17NO2/c1-9(14)13(6-7-13)12-8-15-10-4-2-3-5-11(10)16-12/h2-5,9,12H,6-8,14H2,1H3. The molecule has 86 valence electrons. The second-order valence-electron chi connectivity index (χ2n) is 4.89. The summed E-state index contributed by atoms with van der Waals surface area (Å²) in [6, 6.07) is 8.00. The van der Waals surface area contributed by atoms with Crippen molar-refractivity contribution in [3.05, 3.63) is 24.3 Å². The van der Waals surface area contributed by atoms with E-state index in [0.29, 0.717) is 6.61 Å². The molecule has 3 heteroatoms. The Morgan fingerprint density at radius 2 is 2.00 bits per heavy atom. The molecule has 1 aromatic carbocycles. The molecule has 2 N–H and O–H groups in total. The molecule has 2 atom stereocenters. The fourth-order valence-corrected chi connectivity index (χ4v) is 2.52. The number of benzene rings is 1. The molecule has 0 aromatic heterocycles. The van der Waals surface area contributed by atoms with E-state index in [0.717, 1.165) is 24.3 Å². The summed E-state index contributed by atoms with van der Waals surface area (Å²) in [7, 11) is 0. The van der Waals surface area contributed by atoms with E-state index in [-0.39, 0.29) is 17.6 Å². The molecular weight excluding hydrogens is 202 g/mol. The second-order valence-corrected chi connectivity index (χ2v) is 4.89. The van der Waals surface area contributed by atoms with E-state index >= 15 is 0 Å². The molecule has 3 rings (SSSR count). The molecule has 1 heterocycles. The van der Waals surface area contributed by atoms with Crippen LogP contribution in [0.5, 0.6) is 11.5 Å². The van der Waals surface area contributed by atoms with Crippen LogP contribution in [0.25, 0.3) is 0 Å². The Kier molecular flexibility index (Phi) is 2.11. The van der Waals surface area contributed by atoms with Crippen LogP contribution in [0, 0.1) is 5.41 Å². The molecule has 1 aliphatic heterocycles. The van der Waals surface area contributed by atoms with E-state index in [1.807, 2.05) is 24.3 Å². The number of hydrogen-bond acceptors (Lipinski definition) is 3. The van der Waals surface area contributed by atoms with E-state index < -0.39 is 0 Å². The van der Waals surface area contributed by atoms with Gasteiger partial charge in [0.05, 0.1) is 0 Å². The van der Waals surface area contributed by atoms with Gasteiger partial charge in [-0.25, -0.2) is 0 Å². The van der Waals surface area contributed by atoms with Crippen LogP contribution >= 0.6 is 0 Å². The van der Waals surface area contributed by atoms with Gasteiger partial charge in [0.2, 0.25) is 0 Å². The highest BCUT2D eigenvalue weighted by Crippen LogP contribution is 2.53. The topological polar surface area (TPSA) is 44.5 Å². The maximum Gasteiger partial charge on any atom is 0.161 e. The van der Waals surface area contributed by atoms with Gasteiger partial charge in [0.15, 0.2) is 11.5 Å². The Morgan fingerprint density at radius 1 is 1.31 bits per heavy atom. The minimum atomic E-state index is 0.113. The molecule has 1 fully saturated rings. The molecule has 1 saturated carbocycles. The first-order valence-electron chi connectivity index (χ1n) is 5.86. The zero-order valence-electron chi connectivity index (χ0n) is 9.48. The van der Waals surface area contributed by atoms with E-state index in [1.54, 1.807) is 0 Å². The van der Waals surface area contributed by atoms with E-state index in [1.165, 1.54) is 0 Å². The third kappa shape index (κ3) is 1.39. The minimum Gasteiger partial charge on any atom is -0.486 e. The molecular formula is C13H17NO2. The van der Waals surface area contributed by atoms with Gasteiger partial charge in [-0.1, -0.05) is 12.1 Å². The van der Waals surface area contributed by atoms with Crippen LogP contribution in [0.2, 0.25) is 0 Å². The van der Waals surface area contributed by atoms with Crippen LogP contribution in [-0.2, 0) is 0 Å². The maximum atomic E-state index is 6.05. The van der Waals surface area contributed by atoms with Crippen LogP contribution in [0.1, 0.15) is 19.8 Å². The zero-order chi connectivity index (χ0) is 11.2. The quantitative estimate of drug-likeness (QED) is 0.827. The number of fused-ring (bicyclic) bond motifs is 1. The summed E-state index contributed by atoms with van der Waals surface area (Å²) in [4.78, 5) is 0. The summed E-state index contributed by atoms with van der Waals surface area (Å²) in [5.41, 5.74) is 6.19. The van der Waals surface area contributed by atoms with E-state index in [9.17, 15) is 0 Å². The van der Waals surface area contributed by atoms with Gasteiger partial charge in [0.1, 0.15) is 12.7 Å². The fourth-order valence-electron chi connectivity index (χ4n) is 2.52. The Hall–Kier alpha value is -1.22. The molecule has 1 aromatic rings. The average molecular weight is 219 g/mol. The maximum absolute atomic E-state index is 6.05. The van der Waals surface area contributed by atoms with Crippen molar-refractivity contribution in [2.75, 3.05) is 6.61 Å². The van der Waals surface area contributed by atoms with Crippen molar-refractivity contribution in [1.82, 2.24) is 0 Å². The summed E-state index contributed by atoms with van der Waals surface area (Å²) in [5, 5.41) is 0. The predicted octanol–water partition coefficient (Wildman–Crippen LogP) is 1.95. The lowest BCUT2D eigenvalue weighted by Gasteiger charge is -2.34. The Bertz CT molecular complexity index is 399. The van der Waals surface area contributed by atoms with Crippen molar-refractivity contribution in [1.29, 1.82) is 0 Å². The van der Waals surface area contributed by atoms with Gasteiger partial charge in [0, 0.05) is 11.5 Å². The SMILES string of the molecule is CC(N)C1(C2COc3ccccc3O2)CC1. The van der Waals surface area contributed by atoms with Crippen molar-refractivity contribution < 1.29 is 9.47 Å². The summed E-state index contributed by atoms with van der Waals surface area (Å²) in [6.07, 6.45) is 2.42. The molecule has 2 aliphatic rings. The van der Waals surface area contributed by atoms with Crippen LogP contribution in [0.4, 0.5) is 0 Å². The van der Waals surface area contributed by atoms with Gasteiger partial charge < -0.3 is 15.2 Å².